The predicted octanol–water partition coefficient (Wildman–Crippen LogP) is 3.72. The topological polar surface area (TPSA) is 79.2 Å². The van der Waals surface area contributed by atoms with E-state index in [9.17, 15) is 18.0 Å². The van der Waals surface area contributed by atoms with Crippen molar-refractivity contribution in [1.82, 2.24) is 10.3 Å². The Balaban J connectivity index is 1.54. The molecule has 0 aromatic carbocycles. The highest BCUT2D eigenvalue weighted by atomic mass is 19.4. The first-order chi connectivity index (χ1) is 12.3. The van der Waals surface area contributed by atoms with Gasteiger partial charge in [0.1, 0.15) is 11.6 Å². The van der Waals surface area contributed by atoms with Gasteiger partial charge in [0.15, 0.2) is 0 Å². The molecule has 2 amide bonds. The van der Waals surface area contributed by atoms with Crippen molar-refractivity contribution in [3.05, 3.63) is 41.0 Å². The van der Waals surface area contributed by atoms with Gasteiger partial charge in [-0.05, 0) is 31.4 Å². The van der Waals surface area contributed by atoms with Gasteiger partial charge in [0.05, 0.1) is 5.69 Å². The Kier molecular flexibility index (Phi) is 5.06. The van der Waals surface area contributed by atoms with Crippen molar-refractivity contribution in [3.8, 4) is 0 Å². The molecule has 0 saturated heterocycles. The number of fused-ring (bicyclic) bond motifs is 1. The number of urea groups is 1. The van der Waals surface area contributed by atoms with E-state index in [-0.39, 0.29) is 12.3 Å². The zero-order valence-corrected chi connectivity index (χ0v) is 14.2. The first-order valence-corrected chi connectivity index (χ1v) is 8.28. The van der Waals surface area contributed by atoms with Crippen LogP contribution >= 0.6 is 0 Å². The van der Waals surface area contributed by atoms with Gasteiger partial charge in [-0.2, -0.15) is 13.2 Å². The Morgan fingerprint density at radius 2 is 2.19 bits per heavy atom. The number of alkyl halides is 3. The monoisotopic (exact) mass is 368 g/mol. The van der Waals surface area contributed by atoms with Crippen LogP contribution in [0, 0.1) is 6.92 Å². The number of rotatable bonds is 4. The number of pyridine rings is 1. The molecule has 0 atom stereocenters. The molecule has 1 aliphatic heterocycles. The minimum absolute atomic E-state index is 0.0679. The van der Waals surface area contributed by atoms with Gasteiger partial charge in [0.25, 0.3) is 0 Å². The van der Waals surface area contributed by atoms with Gasteiger partial charge in [0, 0.05) is 31.3 Å². The maximum atomic E-state index is 12.8. The number of aryl methyl sites for hydroxylation is 2. The standard InChI is InChI=1S/C17H19F3N4O2/c1-10-9-13(14(26-10)17(18,19)20)24-16(25)22-8-6-12-5-4-11-3-2-7-21-15(11)23-12/h4-5,9H,2-3,6-8H2,1H3,(H,21,23)(H2,22,24,25). The van der Waals surface area contributed by atoms with Gasteiger partial charge in [-0.15, -0.1) is 0 Å². The molecule has 26 heavy (non-hydrogen) atoms. The maximum absolute atomic E-state index is 12.8. The first kappa shape index (κ1) is 18.1. The van der Waals surface area contributed by atoms with Crippen molar-refractivity contribution in [2.24, 2.45) is 0 Å². The third-order valence-corrected chi connectivity index (χ3v) is 3.98. The van der Waals surface area contributed by atoms with Crippen molar-refractivity contribution in [2.45, 2.75) is 32.4 Å². The largest absolute Gasteiger partial charge is 0.455 e. The molecule has 2 aromatic rings. The SMILES string of the molecule is Cc1cc(NC(=O)NCCc2ccc3c(n2)NCCC3)c(C(F)(F)F)o1. The summed E-state index contributed by atoms with van der Waals surface area (Å²) in [5, 5.41) is 7.94. The predicted molar refractivity (Wildman–Crippen MR) is 90.2 cm³/mol. The molecule has 140 valence electrons. The van der Waals surface area contributed by atoms with Crippen molar-refractivity contribution in [1.29, 1.82) is 0 Å². The lowest BCUT2D eigenvalue weighted by Gasteiger charge is -2.17. The minimum Gasteiger partial charge on any atom is -0.455 e. The summed E-state index contributed by atoms with van der Waals surface area (Å²) in [7, 11) is 0. The van der Waals surface area contributed by atoms with E-state index in [0.717, 1.165) is 37.0 Å². The molecule has 0 fully saturated rings. The Morgan fingerprint density at radius 3 is 2.96 bits per heavy atom. The quantitative estimate of drug-likeness (QED) is 0.768. The smallest absolute Gasteiger partial charge is 0.451 e. The van der Waals surface area contributed by atoms with Crippen molar-refractivity contribution in [2.75, 3.05) is 23.7 Å². The van der Waals surface area contributed by atoms with Crippen LogP contribution < -0.4 is 16.0 Å². The molecule has 0 spiro atoms. The van der Waals surface area contributed by atoms with Gasteiger partial charge < -0.3 is 20.4 Å². The molecular formula is C17H19F3N4O2. The lowest BCUT2D eigenvalue weighted by Crippen LogP contribution is -2.31. The fraction of sp³-hybridized carbons (Fsp3) is 0.412. The third kappa shape index (κ3) is 4.27. The molecule has 3 N–H and O–H groups in total. The van der Waals surface area contributed by atoms with Gasteiger partial charge in [-0.1, -0.05) is 6.07 Å². The number of carbonyl (C=O) groups excluding carboxylic acids is 1. The van der Waals surface area contributed by atoms with Crippen LogP contribution in [-0.2, 0) is 19.0 Å². The average Bonchev–Trinajstić information content (AvgIpc) is 2.95. The summed E-state index contributed by atoms with van der Waals surface area (Å²) in [5.74, 6) is -0.284. The van der Waals surface area contributed by atoms with Gasteiger partial charge in [-0.3, -0.25) is 0 Å². The molecule has 3 rings (SSSR count). The van der Waals surface area contributed by atoms with Gasteiger partial charge in [-0.25, -0.2) is 9.78 Å². The highest BCUT2D eigenvalue weighted by Crippen LogP contribution is 2.36. The van der Waals surface area contributed by atoms with Crippen LogP contribution in [0.1, 0.15) is 29.2 Å². The molecular weight excluding hydrogens is 349 g/mol. The molecule has 0 saturated carbocycles. The molecule has 6 nitrogen and oxygen atoms in total. The Labute approximate surface area is 148 Å². The van der Waals surface area contributed by atoms with Gasteiger partial charge in [0.2, 0.25) is 5.76 Å². The lowest BCUT2D eigenvalue weighted by atomic mass is 10.1. The summed E-state index contributed by atoms with van der Waals surface area (Å²) in [6.07, 6.45) is -2.14. The fourth-order valence-corrected chi connectivity index (χ4v) is 2.80. The van der Waals surface area contributed by atoms with E-state index >= 15 is 0 Å². The summed E-state index contributed by atoms with van der Waals surface area (Å²) in [6.45, 7) is 2.51. The fourth-order valence-electron chi connectivity index (χ4n) is 2.80. The number of halogens is 3. The zero-order chi connectivity index (χ0) is 18.7. The molecule has 1 aliphatic rings. The third-order valence-electron chi connectivity index (χ3n) is 3.98. The number of hydrogen-bond donors (Lipinski definition) is 3. The number of nitrogens with one attached hydrogen (secondary N) is 3. The number of amides is 2. The number of furan rings is 1. The van der Waals surface area contributed by atoms with E-state index in [4.69, 9.17) is 0 Å². The summed E-state index contributed by atoms with van der Waals surface area (Å²) in [6, 6.07) is 4.31. The highest BCUT2D eigenvalue weighted by Gasteiger charge is 2.38. The number of aromatic nitrogens is 1. The molecule has 2 aromatic heterocycles. The second-order valence-corrected chi connectivity index (χ2v) is 6.07. The van der Waals surface area contributed by atoms with E-state index in [1.165, 1.54) is 12.5 Å². The van der Waals surface area contributed by atoms with E-state index in [1.54, 1.807) is 0 Å². The van der Waals surface area contributed by atoms with Crippen LogP contribution in [-0.4, -0.2) is 24.1 Å². The van der Waals surface area contributed by atoms with E-state index in [0.29, 0.717) is 6.42 Å². The highest BCUT2D eigenvalue weighted by molar-refractivity contribution is 5.89. The Hall–Kier alpha value is -2.71. The normalized spacial score (nSPS) is 13.7. The zero-order valence-electron chi connectivity index (χ0n) is 14.2. The van der Waals surface area contributed by atoms with Crippen LogP contribution in [0.2, 0.25) is 0 Å². The summed E-state index contributed by atoms with van der Waals surface area (Å²) >= 11 is 0. The van der Waals surface area contributed by atoms with E-state index in [1.807, 2.05) is 12.1 Å². The lowest BCUT2D eigenvalue weighted by molar-refractivity contribution is -0.152. The first-order valence-electron chi connectivity index (χ1n) is 8.28. The number of hydrogen-bond acceptors (Lipinski definition) is 4. The van der Waals surface area contributed by atoms with Crippen LogP contribution in [0.3, 0.4) is 0 Å². The molecule has 0 bridgehead atoms. The van der Waals surface area contributed by atoms with Crippen LogP contribution in [0.15, 0.2) is 22.6 Å². The Bertz CT molecular complexity index is 802. The molecule has 3 heterocycles. The van der Waals surface area contributed by atoms with Crippen molar-refractivity contribution in [3.63, 3.8) is 0 Å². The van der Waals surface area contributed by atoms with E-state index < -0.39 is 23.7 Å². The summed E-state index contributed by atoms with van der Waals surface area (Å²) < 4.78 is 43.2. The minimum atomic E-state index is -4.67. The molecule has 9 heteroatoms. The summed E-state index contributed by atoms with van der Waals surface area (Å²) in [4.78, 5) is 16.4. The average molecular weight is 368 g/mol. The van der Waals surface area contributed by atoms with Crippen molar-refractivity contribution >= 4 is 17.5 Å². The molecule has 0 unspecified atom stereocenters. The van der Waals surface area contributed by atoms with Crippen LogP contribution in [0.4, 0.5) is 29.5 Å². The number of anilines is 2. The molecule has 0 radical (unpaired) electrons. The maximum Gasteiger partial charge on any atom is 0.451 e. The Morgan fingerprint density at radius 1 is 1.38 bits per heavy atom. The summed E-state index contributed by atoms with van der Waals surface area (Å²) in [5.41, 5.74) is 1.57. The number of nitrogens with zero attached hydrogens (tertiary/aromatic N) is 1. The molecule has 0 aliphatic carbocycles. The van der Waals surface area contributed by atoms with Crippen LogP contribution in [0.25, 0.3) is 0 Å². The number of carbonyl (C=O) groups is 1. The van der Waals surface area contributed by atoms with E-state index in [2.05, 4.69) is 25.4 Å². The van der Waals surface area contributed by atoms with Gasteiger partial charge >= 0.3 is 12.2 Å². The van der Waals surface area contributed by atoms with Crippen molar-refractivity contribution < 1.29 is 22.4 Å². The second kappa shape index (κ2) is 7.27. The second-order valence-electron chi connectivity index (χ2n) is 6.07. The van der Waals surface area contributed by atoms with Crippen LogP contribution in [0.5, 0.6) is 0 Å².